The van der Waals surface area contributed by atoms with Gasteiger partial charge in [0.05, 0.1) is 0 Å². The number of thioether (sulfide) groups is 1. The Hall–Kier alpha value is -1.88. The maximum Gasteiger partial charge on any atom is 0.265 e. The molecule has 0 aliphatic carbocycles. The molecule has 2 aromatic rings. The number of likely N-dealkylation sites (tertiary alicyclic amines) is 1. The molecule has 0 unspecified atom stereocenters. The van der Waals surface area contributed by atoms with Gasteiger partial charge in [0, 0.05) is 49.3 Å². The summed E-state index contributed by atoms with van der Waals surface area (Å²) in [5, 5.41) is 4.74. The second-order valence-electron chi connectivity index (χ2n) is 7.99. The Morgan fingerprint density at radius 2 is 1.72 bits per heavy atom. The minimum absolute atomic E-state index is 0.0106. The first-order valence-corrected chi connectivity index (χ1v) is 14.2. The molecule has 2 fully saturated rings. The lowest BCUT2D eigenvalue weighted by Gasteiger charge is -2.32. The zero-order valence-electron chi connectivity index (χ0n) is 18.0. The third kappa shape index (κ3) is 4.88. The summed E-state index contributed by atoms with van der Waals surface area (Å²) in [7, 11) is -3.67. The van der Waals surface area contributed by atoms with E-state index < -0.39 is 10.0 Å². The van der Waals surface area contributed by atoms with Gasteiger partial charge in [-0.05, 0) is 42.8 Å². The SMILES string of the molecule is Cc1ccccc1C(=O)NC1CCN(C(=O)c2sccc2S(=O)(=O)N2CCSCC2)CC1. The highest BCUT2D eigenvalue weighted by atomic mass is 32.2. The number of thiophene rings is 1. The van der Waals surface area contributed by atoms with Crippen molar-refractivity contribution in [3.05, 3.63) is 51.7 Å². The summed E-state index contributed by atoms with van der Waals surface area (Å²) >= 11 is 2.92. The van der Waals surface area contributed by atoms with Crippen molar-refractivity contribution in [2.75, 3.05) is 37.7 Å². The summed E-state index contributed by atoms with van der Waals surface area (Å²) in [6.45, 7) is 3.82. The summed E-state index contributed by atoms with van der Waals surface area (Å²) in [6, 6.07) is 9.00. The summed E-state index contributed by atoms with van der Waals surface area (Å²) in [6.07, 6.45) is 1.28. The standard InChI is InChI=1S/C22H27N3O4S3/c1-16-4-2-3-5-18(16)21(26)23-17-6-9-24(10-7-17)22(27)20-19(8-13-31-20)32(28,29)25-11-14-30-15-12-25/h2-5,8,13,17H,6-7,9-12,14-15H2,1H3,(H,23,26). The second kappa shape index (κ2) is 9.94. The number of sulfonamides is 1. The zero-order valence-corrected chi connectivity index (χ0v) is 20.4. The lowest BCUT2D eigenvalue weighted by molar-refractivity contribution is 0.0699. The van der Waals surface area contributed by atoms with Gasteiger partial charge in [-0.1, -0.05) is 18.2 Å². The number of carbonyl (C=O) groups is 2. The predicted octanol–water partition coefficient (Wildman–Crippen LogP) is 2.83. The molecule has 10 heteroatoms. The number of piperidine rings is 1. The number of nitrogens with one attached hydrogen (secondary N) is 1. The highest BCUT2D eigenvalue weighted by Gasteiger charge is 2.33. The van der Waals surface area contributed by atoms with E-state index >= 15 is 0 Å². The maximum atomic E-state index is 13.2. The molecule has 3 heterocycles. The van der Waals surface area contributed by atoms with E-state index in [9.17, 15) is 18.0 Å². The predicted molar refractivity (Wildman–Crippen MR) is 128 cm³/mol. The van der Waals surface area contributed by atoms with Gasteiger partial charge in [0.25, 0.3) is 11.8 Å². The Kier molecular flexibility index (Phi) is 7.24. The van der Waals surface area contributed by atoms with Gasteiger partial charge in [0.2, 0.25) is 10.0 Å². The first-order valence-electron chi connectivity index (χ1n) is 10.7. The normalized spacial score (nSPS) is 18.5. The number of benzene rings is 1. The smallest absolute Gasteiger partial charge is 0.265 e. The van der Waals surface area contributed by atoms with Crippen LogP contribution in [0.25, 0.3) is 0 Å². The Bertz CT molecular complexity index is 1090. The van der Waals surface area contributed by atoms with Gasteiger partial charge in [0.15, 0.2) is 0 Å². The fourth-order valence-corrected chi connectivity index (χ4v) is 7.98. The lowest BCUT2D eigenvalue weighted by Crippen LogP contribution is -2.47. The van der Waals surface area contributed by atoms with E-state index in [1.165, 1.54) is 15.6 Å². The summed E-state index contributed by atoms with van der Waals surface area (Å²) in [5.41, 5.74) is 1.59. The van der Waals surface area contributed by atoms with Crippen LogP contribution in [0.15, 0.2) is 40.6 Å². The van der Waals surface area contributed by atoms with Crippen molar-refractivity contribution < 1.29 is 18.0 Å². The van der Waals surface area contributed by atoms with Gasteiger partial charge >= 0.3 is 0 Å². The zero-order chi connectivity index (χ0) is 22.7. The van der Waals surface area contributed by atoms with Crippen molar-refractivity contribution in [2.24, 2.45) is 0 Å². The molecule has 2 aliphatic rings. The van der Waals surface area contributed by atoms with Crippen LogP contribution in [0.2, 0.25) is 0 Å². The van der Waals surface area contributed by atoms with Crippen LogP contribution in [0.4, 0.5) is 0 Å². The second-order valence-corrected chi connectivity index (χ2v) is 12.0. The van der Waals surface area contributed by atoms with E-state index in [-0.39, 0.29) is 27.6 Å². The van der Waals surface area contributed by atoms with Crippen molar-refractivity contribution in [2.45, 2.75) is 30.7 Å². The number of aryl methyl sites for hydroxylation is 1. The summed E-state index contributed by atoms with van der Waals surface area (Å²) in [5.74, 6) is 1.20. The van der Waals surface area contributed by atoms with Crippen LogP contribution in [-0.2, 0) is 10.0 Å². The molecule has 1 N–H and O–H groups in total. The molecular formula is C22H27N3O4S3. The third-order valence-electron chi connectivity index (χ3n) is 5.92. The average Bonchev–Trinajstić information content (AvgIpc) is 3.31. The molecule has 0 saturated carbocycles. The van der Waals surface area contributed by atoms with Crippen LogP contribution >= 0.6 is 23.1 Å². The molecule has 0 spiro atoms. The fraction of sp³-hybridized carbons (Fsp3) is 0.455. The van der Waals surface area contributed by atoms with Crippen LogP contribution in [-0.4, -0.2) is 73.2 Å². The molecule has 0 atom stereocenters. The van der Waals surface area contributed by atoms with E-state index in [4.69, 9.17) is 0 Å². The van der Waals surface area contributed by atoms with E-state index in [1.54, 1.807) is 28.1 Å². The molecule has 1 aromatic heterocycles. The third-order valence-corrected chi connectivity index (χ3v) is 9.83. The Morgan fingerprint density at radius 3 is 2.41 bits per heavy atom. The van der Waals surface area contributed by atoms with Crippen molar-refractivity contribution in [1.29, 1.82) is 0 Å². The summed E-state index contributed by atoms with van der Waals surface area (Å²) < 4.78 is 27.7. The number of rotatable bonds is 5. The van der Waals surface area contributed by atoms with Crippen molar-refractivity contribution in [1.82, 2.24) is 14.5 Å². The molecular weight excluding hydrogens is 466 g/mol. The van der Waals surface area contributed by atoms with Crippen LogP contribution in [0.1, 0.15) is 38.4 Å². The van der Waals surface area contributed by atoms with Crippen LogP contribution in [0.5, 0.6) is 0 Å². The van der Waals surface area contributed by atoms with E-state index in [2.05, 4.69) is 5.32 Å². The van der Waals surface area contributed by atoms with Crippen LogP contribution in [0, 0.1) is 6.92 Å². The van der Waals surface area contributed by atoms with Gasteiger partial charge in [-0.3, -0.25) is 9.59 Å². The summed E-state index contributed by atoms with van der Waals surface area (Å²) in [4.78, 5) is 27.9. The molecule has 0 radical (unpaired) electrons. The first kappa shape index (κ1) is 23.3. The number of nitrogens with zero attached hydrogens (tertiary/aromatic N) is 2. The first-order chi connectivity index (χ1) is 15.4. The van der Waals surface area contributed by atoms with Gasteiger partial charge in [-0.2, -0.15) is 16.1 Å². The maximum absolute atomic E-state index is 13.2. The van der Waals surface area contributed by atoms with E-state index in [0.717, 1.165) is 17.1 Å². The van der Waals surface area contributed by atoms with Gasteiger partial charge < -0.3 is 10.2 Å². The highest BCUT2D eigenvalue weighted by Crippen LogP contribution is 2.29. The average molecular weight is 494 g/mol. The highest BCUT2D eigenvalue weighted by molar-refractivity contribution is 7.99. The number of amides is 2. The lowest BCUT2D eigenvalue weighted by atomic mass is 10.0. The largest absolute Gasteiger partial charge is 0.349 e. The van der Waals surface area contributed by atoms with Crippen LogP contribution in [0.3, 0.4) is 0 Å². The minimum Gasteiger partial charge on any atom is -0.349 e. The van der Waals surface area contributed by atoms with Gasteiger partial charge in [-0.25, -0.2) is 8.42 Å². The van der Waals surface area contributed by atoms with E-state index in [1.807, 2.05) is 31.2 Å². The Morgan fingerprint density at radius 1 is 1.03 bits per heavy atom. The molecule has 7 nitrogen and oxygen atoms in total. The number of hydrogen-bond acceptors (Lipinski definition) is 6. The fourth-order valence-electron chi connectivity index (χ4n) is 4.04. The molecule has 2 saturated heterocycles. The molecule has 1 aromatic carbocycles. The molecule has 0 bridgehead atoms. The molecule has 2 aliphatic heterocycles. The monoisotopic (exact) mass is 493 g/mol. The quantitative estimate of drug-likeness (QED) is 0.692. The molecule has 172 valence electrons. The molecule has 2 amide bonds. The van der Waals surface area contributed by atoms with Crippen molar-refractivity contribution >= 4 is 44.9 Å². The minimum atomic E-state index is -3.67. The number of hydrogen-bond donors (Lipinski definition) is 1. The van der Waals surface area contributed by atoms with Crippen LogP contribution < -0.4 is 5.32 Å². The molecule has 4 rings (SSSR count). The Balaban J connectivity index is 1.39. The van der Waals surface area contributed by atoms with Crippen molar-refractivity contribution in [3.8, 4) is 0 Å². The number of carbonyl (C=O) groups excluding carboxylic acids is 2. The van der Waals surface area contributed by atoms with Crippen molar-refractivity contribution in [3.63, 3.8) is 0 Å². The van der Waals surface area contributed by atoms with Gasteiger partial charge in [0.1, 0.15) is 9.77 Å². The van der Waals surface area contributed by atoms with Gasteiger partial charge in [-0.15, -0.1) is 11.3 Å². The topological polar surface area (TPSA) is 86.8 Å². The van der Waals surface area contributed by atoms with E-state index in [0.29, 0.717) is 44.6 Å². The Labute approximate surface area is 197 Å². The molecule has 32 heavy (non-hydrogen) atoms.